The van der Waals surface area contributed by atoms with E-state index in [1.807, 2.05) is 37.3 Å². The Bertz CT molecular complexity index is 348. The predicted molar refractivity (Wildman–Crippen MR) is 65.8 cm³/mol. The predicted octanol–water partition coefficient (Wildman–Crippen LogP) is 1.77. The molecule has 0 bridgehead atoms. The van der Waals surface area contributed by atoms with Crippen molar-refractivity contribution in [1.29, 1.82) is 0 Å². The zero-order valence-electron chi connectivity index (χ0n) is 9.52. The van der Waals surface area contributed by atoms with E-state index in [1.54, 1.807) is 6.08 Å². The number of rotatable bonds is 5. The lowest BCUT2D eigenvalue weighted by Gasteiger charge is -2.16. The third-order valence-electron chi connectivity index (χ3n) is 2.35. The molecule has 0 aliphatic rings. The standard InChI is InChI=1S/C13H18N2O/c1-3-7-10(2)15-13(16)12(14)11-8-5-4-6-9-11/h3-6,8-10,12H,1,7,14H2,2H3,(H,15,16)/t10?,12-/m0/s1. The Kier molecular flexibility index (Phi) is 4.73. The van der Waals surface area contributed by atoms with Crippen LogP contribution in [0.5, 0.6) is 0 Å². The smallest absolute Gasteiger partial charge is 0.241 e. The van der Waals surface area contributed by atoms with Crippen LogP contribution in [0.3, 0.4) is 0 Å². The maximum atomic E-state index is 11.8. The molecule has 3 N–H and O–H groups in total. The van der Waals surface area contributed by atoms with Gasteiger partial charge >= 0.3 is 0 Å². The molecule has 0 heterocycles. The zero-order valence-corrected chi connectivity index (χ0v) is 9.52. The Morgan fingerprint density at radius 2 is 2.12 bits per heavy atom. The van der Waals surface area contributed by atoms with E-state index in [0.29, 0.717) is 0 Å². The van der Waals surface area contributed by atoms with E-state index < -0.39 is 6.04 Å². The molecule has 1 aromatic rings. The van der Waals surface area contributed by atoms with Crippen LogP contribution >= 0.6 is 0 Å². The molecule has 0 saturated heterocycles. The Balaban J connectivity index is 2.58. The molecule has 1 aromatic carbocycles. The average Bonchev–Trinajstić information content (AvgIpc) is 2.29. The van der Waals surface area contributed by atoms with Crippen molar-refractivity contribution in [3.05, 3.63) is 48.6 Å². The second-order valence-corrected chi connectivity index (χ2v) is 3.82. The van der Waals surface area contributed by atoms with Gasteiger partial charge in [-0.3, -0.25) is 4.79 Å². The van der Waals surface area contributed by atoms with Gasteiger partial charge < -0.3 is 11.1 Å². The van der Waals surface area contributed by atoms with Gasteiger partial charge in [0.2, 0.25) is 5.91 Å². The summed E-state index contributed by atoms with van der Waals surface area (Å²) >= 11 is 0. The van der Waals surface area contributed by atoms with Crippen molar-refractivity contribution in [2.75, 3.05) is 0 Å². The van der Waals surface area contributed by atoms with Crippen LogP contribution < -0.4 is 11.1 Å². The van der Waals surface area contributed by atoms with Gasteiger partial charge in [-0.15, -0.1) is 6.58 Å². The number of benzene rings is 1. The summed E-state index contributed by atoms with van der Waals surface area (Å²) < 4.78 is 0. The van der Waals surface area contributed by atoms with Gasteiger partial charge in [0.05, 0.1) is 0 Å². The van der Waals surface area contributed by atoms with E-state index in [0.717, 1.165) is 12.0 Å². The van der Waals surface area contributed by atoms with Crippen molar-refractivity contribution < 1.29 is 4.79 Å². The van der Waals surface area contributed by atoms with Crippen LogP contribution in [0.25, 0.3) is 0 Å². The van der Waals surface area contributed by atoms with Gasteiger partial charge in [-0.1, -0.05) is 36.4 Å². The molecule has 86 valence electrons. The quantitative estimate of drug-likeness (QED) is 0.740. The van der Waals surface area contributed by atoms with E-state index in [2.05, 4.69) is 11.9 Å². The summed E-state index contributed by atoms with van der Waals surface area (Å²) in [5.74, 6) is -0.152. The van der Waals surface area contributed by atoms with Crippen molar-refractivity contribution in [2.45, 2.75) is 25.4 Å². The van der Waals surface area contributed by atoms with Crippen molar-refractivity contribution in [3.63, 3.8) is 0 Å². The van der Waals surface area contributed by atoms with E-state index in [9.17, 15) is 4.79 Å². The van der Waals surface area contributed by atoms with Gasteiger partial charge in [-0.05, 0) is 18.9 Å². The van der Waals surface area contributed by atoms with Crippen LogP contribution in [0.1, 0.15) is 24.9 Å². The molecule has 1 rings (SSSR count). The number of hydrogen-bond donors (Lipinski definition) is 2. The maximum Gasteiger partial charge on any atom is 0.241 e. The monoisotopic (exact) mass is 218 g/mol. The summed E-state index contributed by atoms with van der Waals surface area (Å²) in [5, 5.41) is 2.84. The number of nitrogens with one attached hydrogen (secondary N) is 1. The van der Waals surface area contributed by atoms with Crippen LogP contribution in [0, 0.1) is 0 Å². The lowest BCUT2D eigenvalue weighted by Crippen LogP contribution is -2.39. The third-order valence-corrected chi connectivity index (χ3v) is 2.35. The molecule has 0 radical (unpaired) electrons. The number of nitrogens with two attached hydrogens (primary N) is 1. The molecule has 0 aliphatic carbocycles. The highest BCUT2D eigenvalue weighted by atomic mass is 16.2. The van der Waals surface area contributed by atoms with Crippen LogP contribution in [0.4, 0.5) is 0 Å². The molecule has 0 aliphatic heterocycles. The first-order valence-electron chi connectivity index (χ1n) is 5.37. The molecule has 0 spiro atoms. The fraction of sp³-hybridized carbons (Fsp3) is 0.308. The highest BCUT2D eigenvalue weighted by molar-refractivity contribution is 5.83. The fourth-order valence-electron chi connectivity index (χ4n) is 1.45. The Morgan fingerprint density at radius 3 is 2.69 bits per heavy atom. The SMILES string of the molecule is C=CCC(C)NC(=O)[C@@H](N)c1ccccc1. The Labute approximate surface area is 96.3 Å². The van der Waals surface area contributed by atoms with Crippen molar-refractivity contribution in [3.8, 4) is 0 Å². The molecule has 0 saturated carbocycles. The van der Waals surface area contributed by atoms with Crippen LogP contribution in [-0.2, 0) is 4.79 Å². The molecule has 16 heavy (non-hydrogen) atoms. The Morgan fingerprint density at radius 1 is 1.50 bits per heavy atom. The largest absolute Gasteiger partial charge is 0.352 e. The number of hydrogen-bond acceptors (Lipinski definition) is 2. The molecule has 3 nitrogen and oxygen atoms in total. The summed E-state index contributed by atoms with van der Waals surface area (Å²) in [7, 11) is 0. The van der Waals surface area contributed by atoms with Crippen LogP contribution in [-0.4, -0.2) is 11.9 Å². The second kappa shape index (κ2) is 6.08. The molecule has 0 aromatic heterocycles. The topological polar surface area (TPSA) is 55.1 Å². The molecular weight excluding hydrogens is 200 g/mol. The fourth-order valence-corrected chi connectivity index (χ4v) is 1.45. The average molecular weight is 218 g/mol. The molecular formula is C13H18N2O. The van der Waals surface area contributed by atoms with E-state index in [1.165, 1.54) is 0 Å². The molecule has 1 unspecified atom stereocenters. The van der Waals surface area contributed by atoms with Crippen LogP contribution in [0.2, 0.25) is 0 Å². The lowest BCUT2D eigenvalue weighted by molar-refractivity contribution is -0.123. The van der Waals surface area contributed by atoms with E-state index in [-0.39, 0.29) is 11.9 Å². The lowest BCUT2D eigenvalue weighted by atomic mass is 10.1. The van der Waals surface area contributed by atoms with Crippen molar-refractivity contribution in [1.82, 2.24) is 5.32 Å². The normalized spacial score (nSPS) is 13.9. The van der Waals surface area contributed by atoms with E-state index >= 15 is 0 Å². The minimum atomic E-state index is -0.603. The molecule has 2 atom stereocenters. The van der Waals surface area contributed by atoms with Crippen molar-refractivity contribution >= 4 is 5.91 Å². The van der Waals surface area contributed by atoms with Gasteiger partial charge in [0.1, 0.15) is 6.04 Å². The van der Waals surface area contributed by atoms with Gasteiger partial charge in [-0.2, -0.15) is 0 Å². The summed E-state index contributed by atoms with van der Waals surface area (Å²) in [4.78, 5) is 11.8. The first-order valence-corrected chi connectivity index (χ1v) is 5.37. The Hall–Kier alpha value is -1.61. The molecule has 3 heteroatoms. The second-order valence-electron chi connectivity index (χ2n) is 3.82. The maximum absolute atomic E-state index is 11.8. The van der Waals surface area contributed by atoms with Crippen molar-refractivity contribution in [2.24, 2.45) is 5.73 Å². The highest BCUT2D eigenvalue weighted by Gasteiger charge is 2.16. The summed E-state index contributed by atoms with van der Waals surface area (Å²) in [5.41, 5.74) is 6.67. The third kappa shape index (κ3) is 3.51. The minimum Gasteiger partial charge on any atom is -0.352 e. The molecule has 1 amide bonds. The van der Waals surface area contributed by atoms with Gasteiger partial charge in [0, 0.05) is 6.04 Å². The number of carbonyl (C=O) groups excluding carboxylic acids is 1. The van der Waals surface area contributed by atoms with Gasteiger partial charge in [0.15, 0.2) is 0 Å². The first-order chi connectivity index (χ1) is 7.65. The van der Waals surface area contributed by atoms with Gasteiger partial charge in [0.25, 0.3) is 0 Å². The zero-order chi connectivity index (χ0) is 12.0. The first kappa shape index (κ1) is 12.5. The van der Waals surface area contributed by atoms with E-state index in [4.69, 9.17) is 5.73 Å². The van der Waals surface area contributed by atoms with Crippen LogP contribution in [0.15, 0.2) is 43.0 Å². The number of amides is 1. The summed E-state index contributed by atoms with van der Waals surface area (Å²) in [6.07, 6.45) is 2.52. The minimum absolute atomic E-state index is 0.0692. The summed E-state index contributed by atoms with van der Waals surface area (Å²) in [6, 6.07) is 8.80. The van der Waals surface area contributed by atoms with Gasteiger partial charge in [-0.25, -0.2) is 0 Å². The number of carbonyl (C=O) groups is 1. The molecule has 0 fully saturated rings. The summed E-state index contributed by atoms with van der Waals surface area (Å²) in [6.45, 7) is 5.56. The highest BCUT2D eigenvalue weighted by Crippen LogP contribution is 2.09.